The summed E-state index contributed by atoms with van der Waals surface area (Å²) in [4.78, 5) is 31.3. The summed E-state index contributed by atoms with van der Waals surface area (Å²) in [5, 5.41) is 6.77. The first-order valence-electron chi connectivity index (χ1n) is 10.5. The molecule has 6 nitrogen and oxygen atoms in total. The number of amides is 1. The number of ether oxygens (including phenoxy) is 1. The molecule has 3 aromatic rings. The van der Waals surface area contributed by atoms with E-state index in [0.717, 1.165) is 11.1 Å². The van der Waals surface area contributed by atoms with Crippen LogP contribution in [-0.2, 0) is 19.2 Å². The van der Waals surface area contributed by atoms with Crippen LogP contribution in [-0.4, -0.2) is 23.7 Å². The quantitative estimate of drug-likeness (QED) is 0.549. The summed E-state index contributed by atoms with van der Waals surface area (Å²) in [6.07, 6.45) is -2.09. The van der Waals surface area contributed by atoms with E-state index in [4.69, 9.17) is 9.57 Å². The second-order valence-corrected chi connectivity index (χ2v) is 7.88. The van der Waals surface area contributed by atoms with Crippen LogP contribution in [0, 0.1) is 19.7 Å². The first kappa shape index (κ1) is 22.2. The predicted octanol–water partition coefficient (Wildman–Crippen LogP) is 4.86. The summed E-state index contributed by atoms with van der Waals surface area (Å²) in [7, 11) is 0. The minimum Gasteiger partial charge on any atom is -0.444 e. The van der Waals surface area contributed by atoms with Gasteiger partial charge in [0, 0.05) is 23.2 Å². The van der Waals surface area contributed by atoms with E-state index < -0.39 is 29.9 Å². The topological polar surface area (TPSA) is 77.0 Å². The van der Waals surface area contributed by atoms with Gasteiger partial charge in [-0.1, -0.05) is 59.8 Å². The van der Waals surface area contributed by atoms with E-state index in [1.807, 2.05) is 38.1 Å². The molecule has 168 valence electrons. The summed E-state index contributed by atoms with van der Waals surface area (Å²) in [5.41, 5.74) is 4.01. The molecule has 7 heteroatoms. The lowest BCUT2D eigenvalue weighted by molar-refractivity contribution is -0.164. The Kier molecular flexibility index (Phi) is 6.49. The Morgan fingerprint density at radius 2 is 1.85 bits per heavy atom. The number of carbonyl (C=O) groups is 2. The number of hydrogen-bond acceptors (Lipinski definition) is 5. The van der Waals surface area contributed by atoms with E-state index in [9.17, 15) is 14.0 Å². The van der Waals surface area contributed by atoms with Crippen molar-refractivity contribution in [3.05, 3.63) is 101 Å². The van der Waals surface area contributed by atoms with Crippen LogP contribution in [0.15, 0.2) is 78.0 Å². The molecule has 1 aliphatic heterocycles. The van der Waals surface area contributed by atoms with E-state index in [-0.39, 0.29) is 6.42 Å². The number of esters is 1. The van der Waals surface area contributed by atoms with Crippen molar-refractivity contribution in [3.63, 3.8) is 0 Å². The third-order valence-electron chi connectivity index (χ3n) is 5.32. The van der Waals surface area contributed by atoms with Gasteiger partial charge in [-0.25, -0.2) is 9.18 Å². The standard InChI is InChI=1S/C26H23FN2O4/c1-16-11-12-17(2)21(13-16)28-25(30)24(18-7-4-3-5-8-18)32-26(31)23-15-22(29-33-23)19-9-6-10-20(27)14-19/h3-14,23-24H,15H2,1-2H3,(H,28,30)/t23-,24-/m1/s1. The molecule has 33 heavy (non-hydrogen) atoms. The van der Waals surface area contributed by atoms with Crippen molar-refractivity contribution in [3.8, 4) is 0 Å². The largest absolute Gasteiger partial charge is 0.444 e. The van der Waals surface area contributed by atoms with Gasteiger partial charge in [-0.3, -0.25) is 4.79 Å². The van der Waals surface area contributed by atoms with Crippen molar-refractivity contribution in [1.82, 2.24) is 0 Å². The summed E-state index contributed by atoms with van der Waals surface area (Å²) >= 11 is 0. The molecule has 2 atom stereocenters. The van der Waals surface area contributed by atoms with Gasteiger partial charge in [0.25, 0.3) is 5.91 Å². The Morgan fingerprint density at radius 1 is 1.06 bits per heavy atom. The van der Waals surface area contributed by atoms with Gasteiger partial charge >= 0.3 is 5.97 Å². The molecule has 0 aliphatic carbocycles. The minimum atomic E-state index is -1.18. The number of aryl methyl sites for hydroxylation is 2. The second kappa shape index (κ2) is 9.65. The Morgan fingerprint density at radius 3 is 2.61 bits per heavy atom. The number of oxime groups is 1. The Balaban J connectivity index is 1.50. The van der Waals surface area contributed by atoms with Gasteiger partial charge in [0.15, 0.2) is 0 Å². The van der Waals surface area contributed by atoms with Crippen LogP contribution in [0.2, 0.25) is 0 Å². The SMILES string of the molecule is Cc1ccc(C)c(NC(=O)[C@H](OC(=O)[C@H]2CC(c3cccc(F)c3)=NO2)c2ccccc2)c1. The van der Waals surface area contributed by atoms with Gasteiger partial charge in [-0.2, -0.15) is 0 Å². The van der Waals surface area contributed by atoms with Crippen LogP contribution in [0.3, 0.4) is 0 Å². The number of benzene rings is 3. The maximum Gasteiger partial charge on any atom is 0.351 e. The molecule has 0 spiro atoms. The van der Waals surface area contributed by atoms with Gasteiger partial charge < -0.3 is 14.9 Å². The van der Waals surface area contributed by atoms with E-state index >= 15 is 0 Å². The van der Waals surface area contributed by atoms with Crippen LogP contribution in [0.4, 0.5) is 10.1 Å². The summed E-state index contributed by atoms with van der Waals surface area (Å²) in [6, 6.07) is 20.4. The predicted molar refractivity (Wildman–Crippen MR) is 122 cm³/mol. The van der Waals surface area contributed by atoms with Crippen molar-refractivity contribution < 1.29 is 23.6 Å². The van der Waals surface area contributed by atoms with Crippen LogP contribution < -0.4 is 5.32 Å². The van der Waals surface area contributed by atoms with Crippen molar-refractivity contribution in [2.75, 3.05) is 5.32 Å². The highest BCUT2D eigenvalue weighted by molar-refractivity contribution is 6.04. The van der Waals surface area contributed by atoms with Crippen LogP contribution in [0.5, 0.6) is 0 Å². The minimum absolute atomic E-state index is 0.113. The van der Waals surface area contributed by atoms with Gasteiger partial charge in [-0.15, -0.1) is 0 Å². The number of anilines is 1. The second-order valence-electron chi connectivity index (χ2n) is 7.88. The molecule has 0 unspecified atom stereocenters. The highest BCUT2D eigenvalue weighted by Crippen LogP contribution is 2.25. The molecule has 0 aromatic heterocycles. The maximum absolute atomic E-state index is 13.5. The van der Waals surface area contributed by atoms with E-state index in [1.165, 1.54) is 12.1 Å². The third-order valence-corrected chi connectivity index (χ3v) is 5.32. The van der Waals surface area contributed by atoms with Gasteiger partial charge in [-0.05, 0) is 43.2 Å². The van der Waals surface area contributed by atoms with Crippen LogP contribution >= 0.6 is 0 Å². The fourth-order valence-corrected chi connectivity index (χ4v) is 3.50. The van der Waals surface area contributed by atoms with Crippen molar-refractivity contribution in [1.29, 1.82) is 0 Å². The van der Waals surface area contributed by atoms with Gasteiger partial charge in [0.05, 0.1) is 5.71 Å². The zero-order valence-corrected chi connectivity index (χ0v) is 18.2. The summed E-state index contributed by atoms with van der Waals surface area (Å²) in [5.74, 6) is -1.61. The molecular formula is C26H23FN2O4. The maximum atomic E-state index is 13.5. The lowest BCUT2D eigenvalue weighted by atomic mass is 10.0. The first-order chi connectivity index (χ1) is 15.9. The average Bonchev–Trinajstić information content (AvgIpc) is 3.31. The summed E-state index contributed by atoms with van der Waals surface area (Å²) < 4.78 is 19.1. The average molecular weight is 446 g/mol. The van der Waals surface area contributed by atoms with Crippen molar-refractivity contribution in [2.24, 2.45) is 5.16 Å². The number of hydrogen-bond donors (Lipinski definition) is 1. The number of nitrogens with zero attached hydrogens (tertiary/aromatic N) is 1. The molecule has 3 aromatic carbocycles. The molecule has 0 fully saturated rings. The van der Waals surface area contributed by atoms with E-state index in [2.05, 4.69) is 10.5 Å². The molecule has 4 rings (SSSR count). The van der Waals surface area contributed by atoms with Gasteiger partial charge in [0.1, 0.15) is 5.82 Å². The highest BCUT2D eigenvalue weighted by Gasteiger charge is 2.34. The number of carbonyl (C=O) groups excluding carboxylic acids is 2. The number of nitrogens with one attached hydrogen (secondary N) is 1. The molecule has 0 bridgehead atoms. The lowest BCUT2D eigenvalue weighted by Gasteiger charge is -2.20. The van der Waals surface area contributed by atoms with Crippen molar-refractivity contribution >= 4 is 23.3 Å². The van der Waals surface area contributed by atoms with Crippen molar-refractivity contribution in [2.45, 2.75) is 32.5 Å². The number of halogens is 1. The molecule has 0 radical (unpaired) electrons. The fraction of sp³-hybridized carbons (Fsp3) is 0.192. The Hall–Kier alpha value is -4.00. The highest BCUT2D eigenvalue weighted by atomic mass is 19.1. The number of rotatable bonds is 6. The van der Waals surface area contributed by atoms with E-state index in [0.29, 0.717) is 22.5 Å². The normalized spacial score (nSPS) is 15.8. The molecule has 1 N–H and O–H groups in total. The lowest BCUT2D eigenvalue weighted by Crippen LogP contribution is -2.31. The molecule has 1 amide bonds. The van der Waals surface area contributed by atoms with Crippen LogP contribution in [0.25, 0.3) is 0 Å². The molecule has 1 heterocycles. The zero-order chi connectivity index (χ0) is 23.4. The molecular weight excluding hydrogens is 423 g/mol. The van der Waals surface area contributed by atoms with Crippen LogP contribution in [0.1, 0.15) is 34.8 Å². The molecule has 0 saturated heterocycles. The zero-order valence-electron chi connectivity index (χ0n) is 18.2. The van der Waals surface area contributed by atoms with E-state index in [1.54, 1.807) is 36.4 Å². The molecule has 1 aliphatic rings. The Labute approximate surface area is 191 Å². The fourth-order valence-electron chi connectivity index (χ4n) is 3.50. The first-order valence-corrected chi connectivity index (χ1v) is 10.5. The monoisotopic (exact) mass is 446 g/mol. The Bertz CT molecular complexity index is 1210. The van der Waals surface area contributed by atoms with Gasteiger partial charge in [0.2, 0.25) is 12.2 Å². The molecule has 0 saturated carbocycles. The summed E-state index contributed by atoms with van der Waals surface area (Å²) in [6.45, 7) is 3.81. The third kappa shape index (κ3) is 5.26. The smallest absolute Gasteiger partial charge is 0.351 e.